The summed E-state index contributed by atoms with van der Waals surface area (Å²) in [6, 6.07) is 7.04. The van der Waals surface area contributed by atoms with Gasteiger partial charge in [0.2, 0.25) is 0 Å². The van der Waals surface area contributed by atoms with Gasteiger partial charge in [0.1, 0.15) is 4.88 Å². The van der Waals surface area contributed by atoms with E-state index in [1.807, 2.05) is 6.92 Å². The molecule has 1 fully saturated rings. The van der Waals surface area contributed by atoms with Crippen LogP contribution in [-0.2, 0) is 4.74 Å². The average molecular weight is 398 g/mol. The van der Waals surface area contributed by atoms with E-state index in [0.717, 1.165) is 5.69 Å². The Balaban J connectivity index is 1.62. The summed E-state index contributed by atoms with van der Waals surface area (Å²) in [5, 5.41) is 3.30. The maximum absolute atomic E-state index is 13.1. The largest absolute Gasteiger partial charge is 0.460 e. The van der Waals surface area contributed by atoms with Gasteiger partial charge in [-0.05, 0) is 55.4 Å². The maximum Gasteiger partial charge on any atom is 0.341 e. The summed E-state index contributed by atoms with van der Waals surface area (Å²) in [4.78, 5) is 33.4. The van der Waals surface area contributed by atoms with Gasteiger partial charge in [0, 0.05) is 31.0 Å². The Kier molecular flexibility index (Phi) is 5.31. The monoisotopic (exact) mass is 398 g/mol. The van der Waals surface area contributed by atoms with E-state index in [2.05, 4.69) is 15.3 Å². The van der Waals surface area contributed by atoms with E-state index >= 15 is 0 Å². The topological polar surface area (TPSA) is 95.6 Å². The second kappa shape index (κ2) is 8.04. The van der Waals surface area contributed by atoms with Crippen molar-refractivity contribution in [3.8, 4) is 11.5 Å². The molecule has 7 nitrogen and oxygen atoms in total. The molecule has 144 valence electrons. The number of nitrogens with zero attached hydrogens (tertiary/aromatic N) is 1. The summed E-state index contributed by atoms with van der Waals surface area (Å²) in [6.07, 6.45) is 4.48. The van der Waals surface area contributed by atoms with Crippen molar-refractivity contribution in [1.29, 1.82) is 0 Å². The average Bonchev–Trinajstić information content (AvgIpc) is 3.38. The smallest absolute Gasteiger partial charge is 0.341 e. The van der Waals surface area contributed by atoms with Crippen molar-refractivity contribution in [3.05, 3.63) is 52.9 Å². The summed E-state index contributed by atoms with van der Waals surface area (Å²) in [5.74, 6) is 0.234. The molecule has 4 rings (SSSR count). The highest BCUT2D eigenvalue weighted by Gasteiger charge is 2.31. The number of ether oxygens (including phenoxy) is 1. The van der Waals surface area contributed by atoms with Crippen LogP contribution >= 0.6 is 11.3 Å². The first-order valence-electron chi connectivity index (χ1n) is 9.08. The van der Waals surface area contributed by atoms with Crippen molar-refractivity contribution in [2.75, 3.05) is 18.5 Å². The first kappa shape index (κ1) is 18.5. The van der Waals surface area contributed by atoms with Crippen LogP contribution in [0.2, 0.25) is 0 Å². The number of amides is 1. The predicted molar refractivity (Wildman–Crippen MR) is 103 cm³/mol. The summed E-state index contributed by atoms with van der Waals surface area (Å²) in [6.45, 7) is 3.04. The third-order valence-corrected chi connectivity index (χ3v) is 5.67. The highest BCUT2D eigenvalue weighted by atomic mass is 32.1. The van der Waals surface area contributed by atoms with Crippen LogP contribution < -0.4 is 10.3 Å². The van der Waals surface area contributed by atoms with Crippen molar-refractivity contribution >= 4 is 28.2 Å². The third kappa shape index (κ3) is 3.88. The van der Waals surface area contributed by atoms with Gasteiger partial charge in [-0.25, -0.2) is 9.78 Å². The Bertz CT molecular complexity index is 974. The number of anilines is 1. The van der Waals surface area contributed by atoms with Crippen molar-refractivity contribution in [1.82, 2.24) is 4.98 Å². The molecular weight excluding hydrogens is 378 g/mol. The van der Waals surface area contributed by atoms with Gasteiger partial charge in [0.15, 0.2) is 17.2 Å². The minimum atomic E-state index is -0.291. The molecular formula is C20H20N3O4S+. The number of carbonyl (C=O) groups is 2. The fourth-order valence-electron chi connectivity index (χ4n) is 3.10. The van der Waals surface area contributed by atoms with E-state index < -0.39 is 0 Å². The van der Waals surface area contributed by atoms with Crippen LogP contribution in [0.25, 0.3) is 11.5 Å². The molecule has 1 saturated heterocycles. The van der Waals surface area contributed by atoms with Gasteiger partial charge in [-0.15, -0.1) is 0 Å². The van der Waals surface area contributed by atoms with Crippen LogP contribution in [0.5, 0.6) is 0 Å². The molecule has 1 aliphatic heterocycles. The van der Waals surface area contributed by atoms with Gasteiger partial charge < -0.3 is 9.15 Å². The van der Waals surface area contributed by atoms with Gasteiger partial charge in [-0.2, -0.15) is 5.32 Å². The van der Waals surface area contributed by atoms with E-state index in [0.29, 0.717) is 53.1 Å². The molecule has 1 amide bonds. The second-order valence-corrected chi connectivity index (χ2v) is 7.65. The van der Waals surface area contributed by atoms with Crippen LogP contribution in [0.1, 0.15) is 38.6 Å². The number of hydrogen-bond acceptors (Lipinski definition) is 6. The van der Waals surface area contributed by atoms with E-state index in [-0.39, 0.29) is 17.6 Å². The van der Waals surface area contributed by atoms with Crippen molar-refractivity contribution in [2.24, 2.45) is 5.92 Å². The molecule has 28 heavy (non-hydrogen) atoms. The minimum absolute atomic E-state index is 0.0495. The fourth-order valence-corrected chi connectivity index (χ4v) is 4.12. The molecule has 0 spiro atoms. The Hall–Kier alpha value is -2.84. The van der Waals surface area contributed by atoms with Gasteiger partial charge in [-0.3, -0.25) is 9.78 Å². The molecule has 0 radical (unpaired) electrons. The molecule has 0 aliphatic carbocycles. The molecule has 0 unspecified atom stereocenters. The predicted octanol–water partition coefficient (Wildman–Crippen LogP) is 3.39. The molecule has 1 aliphatic rings. The molecule has 0 atom stereocenters. The fraction of sp³-hybridized carbons (Fsp3) is 0.300. The highest BCUT2D eigenvalue weighted by Crippen LogP contribution is 2.32. The lowest BCUT2D eigenvalue weighted by atomic mass is 9.94. The standard InChI is InChI=1S/C20H19N3O4S/c1-12-4-5-14(11-21-12)19(25)23-20-22-16(15-3-2-8-27-15)18(28-20)17(24)13-6-9-26-10-7-13/h2-5,8,11,13H,6-7,9-10H2,1H3,(H,22,23,25)/p+1. The second-order valence-electron chi connectivity index (χ2n) is 6.63. The van der Waals surface area contributed by atoms with E-state index in [9.17, 15) is 9.59 Å². The van der Waals surface area contributed by atoms with E-state index in [4.69, 9.17) is 9.15 Å². The lowest BCUT2D eigenvalue weighted by Crippen LogP contribution is -2.24. The summed E-state index contributed by atoms with van der Waals surface area (Å²) in [7, 11) is 0. The number of thiazole rings is 1. The molecule has 0 aromatic carbocycles. The van der Waals surface area contributed by atoms with Crippen molar-refractivity contribution in [2.45, 2.75) is 19.8 Å². The van der Waals surface area contributed by atoms with Gasteiger partial charge in [0.25, 0.3) is 0 Å². The summed E-state index contributed by atoms with van der Waals surface area (Å²) in [5.41, 5.74) is 1.87. The molecule has 3 aromatic rings. The number of H-pyrrole nitrogens is 1. The Morgan fingerprint density at radius 3 is 2.75 bits per heavy atom. The number of aryl methyl sites for hydroxylation is 1. The Labute approximate surface area is 165 Å². The molecule has 3 aromatic heterocycles. The van der Waals surface area contributed by atoms with Crippen LogP contribution in [0, 0.1) is 12.8 Å². The number of furan rings is 1. The first-order valence-corrected chi connectivity index (χ1v) is 9.89. The number of carbonyl (C=O) groups excluding carboxylic acids is 2. The van der Waals surface area contributed by atoms with Crippen LogP contribution in [0.3, 0.4) is 0 Å². The van der Waals surface area contributed by atoms with Crippen LogP contribution in [-0.4, -0.2) is 29.9 Å². The Morgan fingerprint density at radius 1 is 1.25 bits per heavy atom. The van der Waals surface area contributed by atoms with E-state index in [1.54, 1.807) is 30.5 Å². The molecule has 8 heteroatoms. The molecule has 2 N–H and O–H groups in total. The lowest BCUT2D eigenvalue weighted by Gasteiger charge is -2.19. The van der Waals surface area contributed by atoms with Crippen molar-refractivity contribution in [3.63, 3.8) is 0 Å². The minimum Gasteiger partial charge on any atom is -0.460 e. The third-order valence-electron chi connectivity index (χ3n) is 4.65. The number of aromatic amines is 1. The SMILES string of the molecule is Cc1ccc(C(=O)Nc2[nH+]c(-c3ccco3)c(C(=O)C3CCOCC3)s2)cn1. The lowest BCUT2D eigenvalue weighted by molar-refractivity contribution is -0.342. The van der Waals surface area contributed by atoms with Crippen molar-refractivity contribution < 1.29 is 23.7 Å². The number of pyridine rings is 1. The van der Waals surface area contributed by atoms with Gasteiger partial charge in [0.05, 0.1) is 11.8 Å². The zero-order valence-corrected chi connectivity index (χ0v) is 16.2. The molecule has 0 saturated carbocycles. The summed E-state index contributed by atoms with van der Waals surface area (Å²) >= 11 is 1.23. The zero-order chi connectivity index (χ0) is 19.5. The molecule has 4 heterocycles. The van der Waals surface area contributed by atoms with Gasteiger partial charge in [-0.1, -0.05) is 0 Å². The number of aromatic nitrogens is 2. The number of hydrogen-bond donors (Lipinski definition) is 1. The summed E-state index contributed by atoms with van der Waals surface area (Å²) < 4.78 is 10.9. The number of ketones is 1. The van der Waals surface area contributed by atoms with E-state index in [1.165, 1.54) is 17.5 Å². The van der Waals surface area contributed by atoms with Crippen LogP contribution in [0.15, 0.2) is 41.1 Å². The number of rotatable bonds is 5. The number of nitrogens with one attached hydrogen (secondary N) is 2. The highest BCUT2D eigenvalue weighted by molar-refractivity contribution is 7.17. The normalized spacial score (nSPS) is 14.8. The number of Topliss-reactive ketones (excluding diaryl/α,β-unsaturated/α-hetero) is 1. The van der Waals surface area contributed by atoms with Crippen LogP contribution in [0.4, 0.5) is 5.13 Å². The Morgan fingerprint density at radius 2 is 2.07 bits per heavy atom. The zero-order valence-electron chi connectivity index (χ0n) is 15.4. The quantitative estimate of drug-likeness (QED) is 0.665. The maximum atomic E-state index is 13.1. The molecule has 0 bridgehead atoms. The first-order chi connectivity index (χ1) is 13.6. The van der Waals surface area contributed by atoms with Gasteiger partial charge >= 0.3 is 11.0 Å².